The van der Waals surface area contributed by atoms with Crippen molar-refractivity contribution in [2.45, 2.75) is 6.92 Å². The molecule has 7 nitrogen and oxygen atoms in total. The first-order valence-electron chi connectivity index (χ1n) is 9.72. The minimum atomic E-state index is -0.525. The Bertz CT molecular complexity index is 1110. The monoisotopic (exact) mass is 496 g/mol. The van der Waals surface area contributed by atoms with E-state index in [2.05, 4.69) is 26.5 Å². The summed E-state index contributed by atoms with van der Waals surface area (Å²) in [7, 11) is 1.55. The summed E-state index contributed by atoms with van der Waals surface area (Å²) in [5, 5.41) is 4.00. The zero-order valence-corrected chi connectivity index (χ0v) is 19.1. The van der Waals surface area contributed by atoms with Crippen molar-refractivity contribution in [3.05, 3.63) is 87.9 Å². The Balaban J connectivity index is 1.69. The maximum Gasteiger partial charge on any atom is 0.343 e. The number of nitrogens with zero attached hydrogens (tertiary/aromatic N) is 1. The predicted molar refractivity (Wildman–Crippen MR) is 125 cm³/mol. The Labute approximate surface area is 194 Å². The Morgan fingerprint density at radius 3 is 2.28 bits per heavy atom. The van der Waals surface area contributed by atoms with Crippen LogP contribution in [0.15, 0.2) is 76.3 Å². The van der Waals surface area contributed by atoms with E-state index in [1.807, 2.05) is 6.92 Å². The molecule has 0 radical (unpaired) electrons. The summed E-state index contributed by atoms with van der Waals surface area (Å²) in [6.07, 6.45) is 1.41. The zero-order valence-electron chi connectivity index (χ0n) is 17.5. The second kappa shape index (κ2) is 11.1. The van der Waals surface area contributed by atoms with Crippen molar-refractivity contribution in [1.82, 2.24) is 5.43 Å². The summed E-state index contributed by atoms with van der Waals surface area (Å²) in [6.45, 7) is 2.44. The van der Waals surface area contributed by atoms with Gasteiger partial charge < -0.3 is 14.2 Å². The average molecular weight is 497 g/mol. The number of carbonyl (C=O) groups excluding carboxylic acids is 2. The Hall–Kier alpha value is -3.65. The van der Waals surface area contributed by atoms with Gasteiger partial charge in [-0.05, 0) is 73.7 Å². The van der Waals surface area contributed by atoms with E-state index < -0.39 is 5.97 Å². The second-order valence-electron chi connectivity index (χ2n) is 6.46. The molecule has 1 N–H and O–H groups in total. The van der Waals surface area contributed by atoms with Gasteiger partial charge in [-0.3, -0.25) is 4.79 Å². The molecule has 3 aromatic rings. The number of nitrogens with one attached hydrogen (secondary N) is 1. The summed E-state index contributed by atoms with van der Waals surface area (Å²) in [4.78, 5) is 24.8. The highest BCUT2D eigenvalue weighted by atomic mass is 79.9. The fourth-order valence-corrected chi connectivity index (χ4v) is 3.07. The van der Waals surface area contributed by atoms with Crippen molar-refractivity contribution < 1.29 is 23.8 Å². The molecule has 0 aliphatic rings. The van der Waals surface area contributed by atoms with E-state index in [9.17, 15) is 9.59 Å². The summed E-state index contributed by atoms with van der Waals surface area (Å²) < 4.78 is 16.7. The molecule has 0 aliphatic heterocycles. The highest BCUT2D eigenvalue weighted by molar-refractivity contribution is 9.10. The number of carbonyl (C=O) groups is 2. The highest BCUT2D eigenvalue weighted by Gasteiger charge is 2.12. The first-order valence-corrected chi connectivity index (χ1v) is 10.5. The number of benzene rings is 3. The van der Waals surface area contributed by atoms with Crippen molar-refractivity contribution >= 4 is 34.0 Å². The smallest absolute Gasteiger partial charge is 0.343 e. The number of ether oxygens (including phenoxy) is 3. The Morgan fingerprint density at radius 2 is 1.62 bits per heavy atom. The van der Waals surface area contributed by atoms with E-state index in [4.69, 9.17) is 14.2 Å². The highest BCUT2D eigenvalue weighted by Crippen LogP contribution is 2.23. The molecular weight excluding hydrogens is 476 g/mol. The average Bonchev–Trinajstić information content (AvgIpc) is 2.81. The fourth-order valence-electron chi connectivity index (χ4n) is 2.69. The molecule has 0 saturated carbocycles. The molecule has 0 saturated heterocycles. The number of methoxy groups -OCH3 is 1. The van der Waals surface area contributed by atoms with Crippen LogP contribution in [0.2, 0.25) is 0 Å². The van der Waals surface area contributed by atoms with E-state index >= 15 is 0 Å². The summed E-state index contributed by atoms with van der Waals surface area (Å²) in [5.74, 6) is 0.721. The topological polar surface area (TPSA) is 86.2 Å². The van der Waals surface area contributed by atoms with Crippen LogP contribution in [0.1, 0.15) is 33.2 Å². The molecule has 3 rings (SSSR count). The minimum Gasteiger partial charge on any atom is -0.497 e. The lowest BCUT2D eigenvalue weighted by atomic mass is 10.2. The van der Waals surface area contributed by atoms with Gasteiger partial charge in [0.25, 0.3) is 5.91 Å². The van der Waals surface area contributed by atoms with Gasteiger partial charge in [0.15, 0.2) is 0 Å². The summed E-state index contributed by atoms with van der Waals surface area (Å²) in [6, 6.07) is 18.4. The van der Waals surface area contributed by atoms with Crippen molar-refractivity contribution in [1.29, 1.82) is 0 Å². The van der Waals surface area contributed by atoms with Gasteiger partial charge in [0.2, 0.25) is 0 Å². The molecule has 32 heavy (non-hydrogen) atoms. The molecule has 0 spiro atoms. The number of hydrogen-bond acceptors (Lipinski definition) is 6. The van der Waals surface area contributed by atoms with Crippen LogP contribution in [0, 0.1) is 0 Å². The largest absolute Gasteiger partial charge is 0.497 e. The SMILES string of the molecule is CCOc1ccc(C(=O)N/N=C\c2cc(Br)ccc2OC(=O)c2ccc(OC)cc2)cc1. The van der Waals surface area contributed by atoms with Crippen LogP contribution in [0.4, 0.5) is 0 Å². The number of rotatable bonds is 8. The van der Waals surface area contributed by atoms with Crippen molar-refractivity contribution in [3.63, 3.8) is 0 Å². The van der Waals surface area contributed by atoms with E-state index in [1.165, 1.54) is 6.21 Å². The van der Waals surface area contributed by atoms with Crippen LogP contribution in [0.5, 0.6) is 17.2 Å². The lowest BCUT2D eigenvalue weighted by Crippen LogP contribution is -2.17. The quantitative estimate of drug-likeness (QED) is 0.208. The van der Waals surface area contributed by atoms with Gasteiger partial charge in [0.05, 0.1) is 25.5 Å². The minimum absolute atomic E-state index is 0.299. The van der Waals surface area contributed by atoms with Crippen LogP contribution in [0.3, 0.4) is 0 Å². The van der Waals surface area contributed by atoms with E-state index in [-0.39, 0.29) is 5.91 Å². The molecule has 0 aromatic heterocycles. The third-order valence-electron chi connectivity index (χ3n) is 4.30. The first-order chi connectivity index (χ1) is 15.5. The lowest BCUT2D eigenvalue weighted by Gasteiger charge is -2.09. The molecule has 0 unspecified atom stereocenters. The molecule has 3 aromatic carbocycles. The Kier molecular flexibility index (Phi) is 7.99. The number of halogens is 1. The fraction of sp³-hybridized carbons (Fsp3) is 0.125. The number of hydrazone groups is 1. The van der Waals surface area contributed by atoms with E-state index in [1.54, 1.807) is 73.8 Å². The molecule has 0 heterocycles. The maximum absolute atomic E-state index is 12.5. The predicted octanol–water partition coefficient (Wildman–Crippen LogP) is 4.84. The number of amides is 1. The van der Waals surface area contributed by atoms with Crippen LogP contribution < -0.4 is 19.6 Å². The standard InChI is InChI=1S/C24H21BrN2O5/c1-3-31-21-11-4-16(5-12-21)23(28)27-26-15-18-14-19(25)8-13-22(18)32-24(29)17-6-9-20(30-2)10-7-17/h4-15H,3H2,1-2H3,(H,27,28)/b26-15-. The molecular formula is C24H21BrN2O5. The normalized spacial score (nSPS) is 10.6. The zero-order chi connectivity index (χ0) is 22.9. The maximum atomic E-state index is 12.5. The van der Waals surface area contributed by atoms with E-state index in [0.29, 0.717) is 40.5 Å². The molecule has 0 atom stereocenters. The molecule has 0 bridgehead atoms. The molecule has 8 heteroatoms. The number of hydrogen-bond donors (Lipinski definition) is 1. The van der Waals surface area contributed by atoms with Gasteiger partial charge >= 0.3 is 5.97 Å². The third kappa shape index (κ3) is 6.18. The Morgan fingerprint density at radius 1 is 0.969 bits per heavy atom. The van der Waals surface area contributed by atoms with Gasteiger partial charge in [-0.2, -0.15) is 5.10 Å². The third-order valence-corrected chi connectivity index (χ3v) is 4.79. The van der Waals surface area contributed by atoms with Crippen LogP contribution >= 0.6 is 15.9 Å². The van der Waals surface area contributed by atoms with E-state index in [0.717, 1.165) is 4.47 Å². The van der Waals surface area contributed by atoms with Gasteiger partial charge in [-0.1, -0.05) is 15.9 Å². The van der Waals surface area contributed by atoms with Gasteiger partial charge in [0, 0.05) is 15.6 Å². The van der Waals surface area contributed by atoms with Crippen LogP contribution in [0.25, 0.3) is 0 Å². The second-order valence-corrected chi connectivity index (χ2v) is 7.37. The summed E-state index contributed by atoms with van der Waals surface area (Å²) in [5.41, 5.74) is 3.78. The van der Waals surface area contributed by atoms with Gasteiger partial charge in [0.1, 0.15) is 17.2 Å². The van der Waals surface area contributed by atoms with Gasteiger partial charge in [-0.25, -0.2) is 10.2 Å². The molecule has 1 amide bonds. The van der Waals surface area contributed by atoms with Crippen molar-refractivity contribution in [2.75, 3.05) is 13.7 Å². The molecule has 0 aliphatic carbocycles. The summed E-state index contributed by atoms with van der Waals surface area (Å²) >= 11 is 3.39. The molecule has 164 valence electrons. The first kappa shape index (κ1) is 23.0. The molecule has 0 fully saturated rings. The van der Waals surface area contributed by atoms with Crippen LogP contribution in [-0.2, 0) is 0 Å². The lowest BCUT2D eigenvalue weighted by molar-refractivity contribution is 0.0734. The van der Waals surface area contributed by atoms with Crippen molar-refractivity contribution in [2.24, 2.45) is 5.10 Å². The van der Waals surface area contributed by atoms with Crippen LogP contribution in [-0.4, -0.2) is 31.8 Å². The van der Waals surface area contributed by atoms with Gasteiger partial charge in [-0.15, -0.1) is 0 Å². The number of esters is 1. The van der Waals surface area contributed by atoms with Crippen molar-refractivity contribution in [3.8, 4) is 17.2 Å².